The average Bonchev–Trinajstić information content (AvgIpc) is 2.38. The van der Waals surface area contributed by atoms with Crippen molar-refractivity contribution in [2.45, 2.75) is 78.2 Å². The molecule has 4 heteroatoms. The Labute approximate surface area is 129 Å². The van der Waals surface area contributed by atoms with Gasteiger partial charge in [-0.3, -0.25) is 4.79 Å². The molecule has 0 spiro atoms. The second-order valence-corrected chi connectivity index (χ2v) is 7.15. The van der Waals surface area contributed by atoms with Gasteiger partial charge in [0.05, 0.1) is 10.4 Å². The summed E-state index contributed by atoms with van der Waals surface area (Å²) in [4.78, 5) is 13.0. The molecule has 3 nitrogen and oxygen atoms in total. The molecule has 0 bridgehead atoms. The number of hydrogen-bond donors (Lipinski definition) is 2. The van der Waals surface area contributed by atoms with Gasteiger partial charge in [-0.2, -0.15) is 0 Å². The molecule has 0 aromatic carbocycles. The van der Waals surface area contributed by atoms with Crippen LogP contribution in [0.25, 0.3) is 0 Å². The molecule has 0 aromatic heterocycles. The molecule has 1 aliphatic carbocycles. The fraction of sp³-hybridized carbons (Fsp3) is 0.875. The number of rotatable bonds is 7. The van der Waals surface area contributed by atoms with Gasteiger partial charge >= 0.3 is 0 Å². The average molecular weight is 298 g/mol. The standard InChI is InChI=1S/C16H30N2OS/c1-12(2)8-7-9-13(3)18-15(19)16(14(17)20)10-5-4-6-11-16/h12-13H,4-11H2,1-3H3,(H2,17,20)(H,18,19). The van der Waals surface area contributed by atoms with Gasteiger partial charge in [0, 0.05) is 6.04 Å². The van der Waals surface area contributed by atoms with Gasteiger partial charge in [0.2, 0.25) is 5.91 Å². The van der Waals surface area contributed by atoms with E-state index < -0.39 is 5.41 Å². The largest absolute Gasteiger partial charge is 0.392 e. The quantitative estimate of drug-likeness (QED) is 0.707. The molecule has 0 aliphatic heterocycles. The number of carbonyl (C=O) groups excluding carboxylic acids is 1. The smallest absolute Gasteiger partial charge is 0.233 e. The Morgan fingerprint density at radius 2 is 1.80 bits per heavy atom. The molecule has 3 N–H and O–H groups in total. The Morgan fingerprint density at radius 1 is 1.20 bits per heavy atom. The highest BCUT2D eigenvalue weighted by atomic mass is 32.1. The van der Waals surface area contributed by atoms with Crippen LogP contribution in [0.3, 0.4) is 0 Å². The highest BCUT2D eigenvalue weighted by Crippen LogP contribution is 2.37. The van der Waals surface area contributed by atoms with E-state index in [1.807, 2.05) is 0 Å². The van der Waals surface area contributed by atoms with E-state index in [0.29, 0.717) is 4.99 Å². The van der Waals surface area contributed by atoms with E-state index in [0.717, 1.165) is 44.4 Å². The van der Waals surface area contributed by atoms with E-state index in [1.165, 1.54) is 12.8 Å². The maximum absolute atomic E-state index is 12.6. The van der Waals surface area contributed by atoms with Gasteiger partial charge in [-0.05, 0) is 32.1 Å². The van der Waals surface area contributed by atoms with Crippen LogP contribution >= 0.6 is 12.2 Å². The Bertz CT molecular complexity index is 335. The summed E-state index contributed by atoms with van der Waals surface area (Å²) in [6.45, 7) is 6.54. The highest BCUT2D eigenvalue weighted by Gasteiger charge is 2.42. The Balaban J connectivity index is 2.52. The van der Waals surface area contributed by atoms with Crippen LogP contribution in [0.2, 0.25) is 0 Å². The van der Waals surface area contributed by atoms with E-state index >= 15 is 0 Å². The molecule has 0 radical (unpaired) electrons. The third kappa shape index (κ3) is 4.72. The molecule has 1 rings (SSSR count). The second kappa shape index (κ2) is 7.96. The van der Waals surface area contributed by atoms with Crippen LogP contribution in [0, 0.1) is 11.3 Å². The molecule has 1 fully saturated rings. The molecule has 1 saturated carbocycles. The summed E-state index contributed by atoms with van der Waals surface area (Å²) < 4.78 is 0. The van der Waals surface area contributed by atoms with E-state index in [1.54, 1.807) is 0 Å². The van der Waals surface area contributed by atoms with Gasteiger partial charge < -0.3 is 11.1 Å². The van der Waals surface area contributed by atoms with Crippen LogP contribution in [0.4, 0.5) is 0 Å². The summed E-state index contributed by atoms with van der Waals surface area (Å²) in [5.41, 5.74) is 5.31. The van der Waals surface area contributed by atoms with Gasteiger partial charge in [0.25, 0.3) is 0 Å². The molecule has 0 saturated heterocycles. The van der Waals surface area contributed by atoms with Crippen molar-refractivity contribution >= 4 is 23.1 Å². The predicted octanol–water partition coefficient (Wildman–Crippen LogP) is 3.55. The first-order chi connectivity index (χ1) is 9.38. The van der Waals surface area contributed by atoms with Crippen molar-refractivity contribution < 1.29 is 4.79 Å². The SMILES string of the molecule is CC(C)CCCC(C)NC(=O)C1(C(N)=S)CCCCC1. The first-order valence-corrected chi connectivity index (χ1v) is 8.40. The molecule has 1 amide bonds. The van der Waals surface area contributed by atoms with Crippen molar-refractivity contribution in [3.63, 3.8) is 0 Å². The van der Waals surface area contributed by atoms with Gasteiger partial charge in [0.1, 0.15) is 0 Å². The summed E-state index contributed by atoms with van der Waals surface area (Å²) in [6.07, 6.45) is 8.29. The number of hydrogen-bond acceptors (Lipinski definition) is 2. The highest BCUT2D eigenvalue weighted by molar-refractivity contribution is 7.80. The second-order valence-electron chi connectivity index (χ2n) is 6.71. The Hall–Kier alpha value is -0.640. The maximum atomic E-state index is 12.6. The first-order valence-electron chi connectivity index (χ1n) is 7.99. The van der Waals surface area contributed by atoms with E-state index in [4.69, 9.17) is 18.0 Å². The summed E-state index contributed by atoms with van der Waals surface area (Å²) in [6, 6.07) is 0.203. The van der Waals surface area contributed by atoms with Gasteiger partial charge in [-0.15, -0.1) is 0 Å². The summed E-state index contributed by atoms with van der Waals surface area (Å²) in [5, 5.41) is 3.14. The molecule has 1 aliphatic rings. The number of amides is 1. The molecule has 0 heterocycles. The molecule has 1 unspecified atom stereocenters. The van der Waals surface area contributed by atoms with Crippen molar-refractivity contribution in [2.75, 3.05) is 0 Å². The minimum Gasteiger partial charge on any atom is -0.392 e. The van der Waals surface area contributed by atoms with Crippen molar-refractivity contribution in [1.82, 2.24) is 5.32 Å². The summed E-state index contributed by atoms with van der Waals surface area (Å²) in [7, 11) is 0. The topological polar surface area (TPSA) is 55.1 Å². The molecule has 1 atom stereocenters. The zero-order valence-electron chi connectivity index (χ0n) is 13.2. The number of nitrogens with one attached hydrogen (secondary N) is 1. The van der Waals surface area contributed by atoms with Crippen LogP contribution in [-0.2, 0) is 4.79 Å². The van der Waals surface area contributed by atoms with Crippen LogP contribution in [0.5, 0.6) is 0 Å². The molecule has 0 aromatic rings. The molecular weight excluding hydrogens is 268 g/mol. The lowest BCUT2D eigenvalue weighted by molar-refractivity contribution is -0.129. The normalized spacial score (nSPS) is 19.6. The zero-order chi connectivity index (χ0) is 15.2. The third-order valence-corrected chi connectivity index (χ3v) is 4.80. The zero-order valence-corrected chi connectivity index (χ0v) is 14.0. The minimum absolute atomic E-state index is 0.0572. The van der Waals surface area contributed by atoms with Gasteiger partial charge in [0.15, 0.2) is 0 Å². The maximum Gasteiger partial charge on any atom is 0.233 e. The summed E-state index contributed by atoms with van der Waals surface area (Å²) >= 11 is 5.20. The Morgan fingerprint density at radius 3 is 2.30 bits per heavy atom. The van der Waals surface area contributed by atoms with E-state index in [9.17, 15) is 4.79 Å². The monoisotopic (exact) mass is 298 g/mol. The van der Waals surface area contributed by atoms with Crippen LogP contribution in [-0.4, -0.2) is 16.9 Å². The number of carbonyl (C=O) groups is 1. The lowest BCUT2D eigenvalue weighted by Crippen LogP contribution is -2.52. The van der Waals surface area contributed by atoms with Crippen LogP contribution in [0.1, 0.15) is 72.1 Å². The summed E-state index contributed by atoms with van der Waals surface area (Å²) in [5.74, 6) is 0.779. The van der Waals surface area contributed by atoms with Crippen molar-refractivity contribution in [3.8, 4) is 0 Å². The third-order valence-electron chi connectivity index (χ3n) is 4.41. The predicted molar refractivity (Wildman–Crippen MR) is 88.6 cm³/mol. The fourth-order valence-corrected chi connectivity index (χ4v) is 3.30. The van der Waals surface area contributed by atoms with Gasteiger partial charge in [-0.25, -0.2) is 0 Å². The molecule has 116 valence electrons. The molecule has 20 heavy (non-hydrogen) atoms. The number of thiocarbonyl (C=S) groups is 1. The van der Waals surface area contributed by atoms with E-state index in [-0.39, 0.29) is 11.9 Å². The van der Waals surface area contributed by atoms with Crippen molar-refractivity contribution in [2.24, 2.45) is 17.1 Å². The lowest BCUT2D eigenvalue weighted by Gasteiger charge is -2.35. The van der Waals surface area contributed by atoms with Crippen molar-refractivity contribution in [1.29, 1.82) is 0 Å². The first kappa shape index (κ1) is 17.4. The van der Waals surface area contributed by atoms with E-state index in [2.05, 4.69) is 26.1 Å². The van der Waals surface area contributed by atoms with Crippen LogP contribution < -0.4 is 11.1 Å². The van der Waals surface area contributed by atoms with Gasteiger partial charge in [-0.1, -0.05) is 58.2 Å². The van der Waals surface area contributed by atoms with Crippen molar-refractivity contribution in [3.05, 3.63) is 0 Å². The fourth-order valence-electron chi connectivity index (χ4n) is 3.01. The number of nitrogens with two attached hydrogens (primary N) is 1. The lowest BCUT2D eigenvalue weighted by atomic mass is 9.73. The molecular formula is C16H30N2OS. The van der Waals surface area contributed by atoms with Crippen LogP contribution in [0.15, 0.2) is 0 Å². The Kier molecular flexibility index (Phi) is 6.93. The minimum atomic E-state index is -0.583.